The van der Waals surface area contributed by atoms with Gasteiger partial charge >= 0.3 is 0 Å². The van der Waals surface area contributed by atoms with Crippen LogP contribution in [0.25, 0.3) is 0 Å². The molecular formula is C24H32N2O3. The van der Waals surface area contributed by atoms with E-state index in [1.54, 1.807) is 36.1 Å². The molecule has 0 aliphatic rings. The minimum atomic E-state index is -0.664. The van der Waals surface area contributed by atoms with Crippen LogP contribution in [0.1, 0.15) is 62.9 Å². The first-order valence-corrected chi connectivity index (χ1v) is 10.4. The standard InChI is InChI=1S/C24H32N2O3/c1-6-17(4)21-14-9-10-15-22(21)29-18(5)23(27)25-20-13-11-12-19(16-20)24(28)26(7-2)8-3/h9-18H,6-8H2,1-5H3,(H,25,27). The van der Waals surface area contributed by atoms with Gasteiger partial charge in [-0.25, -0.2) is 0 Å². The molecule has 2 amide bonds. The van der Waals surface area contributed by atoms with E-state index in [0.717, 1.165) is 17.7 Å². The number of hydrogen-bond donors (Lipinski definition) is 1. The third-order valence-corrected chi connectivity index (χ3v) is 5.16. The second kappa shape index (κ2) is 10.6. The van der Waals surface area contributed by atoms with Crippen LogP contribution in [-0.4, -0.2) is 35.9 Å². The summed E-state index contributed by atoms with van der Waals surface area (Å²) in [7, 11) is 0. The quantitative estimate of drug-likeness (QED) is 0.642. The minimum Gasteiger partial charge on any atom is -0.481 e. The van der Waals surface area contributed by atoms with Gasteiger partial charge in [-0.05, 0) is 62.9 Å². The molecule has 1 N–H and O–H groups in total. The molecule has 156 valence electrons. The van der Waals surface area contributed by atoms with Gasteiger partial charge in [0.05, 0.1) is 0 Å². The molecule has 0 spiro atoms. The van der Waals surface area contributed by atoms with E-state index in [-0.39, 0.29) is 11.8 Å². The second-order valence-corrected chi connectivity index (χ2v) is 7.15. The van der Waals surface area contributed by atoms with Gasteiger partial charge in [-0.1, -0.05) is 38.1 Å². The summed E-state index contributed by atoms with van der Waals surface area (Å²) in [5.74, 6) is 0.786. The highest BCUT2D eigenvalue weighted by Gasteiger charge is 2.19. The van der Waals surface area contributed by atoms with E-state index in [1.807, 2.05) is 38.1 Å². The Hall–Kier alpha value is -2.82. The number of anilines is 1. The summed E-state index contributed by atoms with van der Waals surface area (Å²) in [6, 6.07) is 14.8. The first-order chi connectivity index (χ1) is 13.9. The second-order valence-electron chi connectivity index (χ2n) is 7.15. The smallest absolute Gasteiger partial charge is 0.265 e. The van der Waals surface area contributed by atoms with Gasteiger partial charge in [0, 0.05) is 24.3 Å². The average Bonchev–Trinajstić information content (AvgIpc) is 2.74. The molecule has 2 rings (SSSR count). The highest BCUT2D eigenvalue weighted by Crippen LogP contribution is 2.29. The van der Waals surface area contributed by atoms with Crippen molar-refractivity contribution in [2.45, 2.75) is 53.1 Å². The van der Waals surface area contributed by atoms with Gasteiger partial charge in [0.15, 0.2) is 6.10 Å². The van der Waals surface area contributed by atoms with Crippen LogP contribution in [-0.2, 0) is 4.79 Å². The highest BCUT2D eigenvalue weighted by molar-refractivity contribution is 5.98. The molecule has 0 heterocycles. The summed E-state index contributed by atoms with van der Waals surface area (Å²) in [6.07, 6.45) is 0.330. The molecule has 29 heavy (non-hydrogen) atoms. The van der Waals surface area contributed by atoms with Crippen molar-refractivity contribution in [3.05, 3.63) is 59.7 Å². The normalized spacial score (nSPS) is 12.7. The number of para-hydroxylation sites is 1. The van der Waals surface area contributed by atoms with E-state index in [2.05, 4.69) is 19.2 Å². The number of rotatable bonds is 9. The van der Waals surface area contributed by atoms with Crippen molar-refractivity contribution in [1.82, 2.24) is 4.90 Å². The topological polar surface area (TPSA) is 58.6 Å². The minimum absolute atomic E-state index is 0.0436. The lowest BCUT2D eigenvalue weighted by atomic mass is 9.98. The first-order valence-electron chi connectivity index (χ1n) is 10.4. The van der Waals surface area contributed by atoms with Crippen molar-refractivity contribution in [2.24, 2.45) is 0 Å². The summed E-state index contributed by atoms with van der Waals surface area (Å²) in [4.78, 5) is 27.0. The Morgan fingerprint density at radius 3 is 2.34 bits per heavy atom. The Labute approximate surface area is 174 Å². The predicted octanol–water partition coefficient (Wildman–Crippen LogP) is 5.09. The van der Waals surface area contributed by atoms with Gasteiger partial charge in [-0.15, -0.1) is 0 Å². The molecule has 5 heteroatoms. The molecule has 0 aliphatic heterocycles. The Bertz CT molecular complexity index is 830. The van der Waals surface area contributed by atoms with Crippen molar-refractivity contribution >= 4 is 17.5 Å². The summed E-state index contributed by atoms with van der Waals surface area (Å²) in [5.41, 5.74) is 2.24. The summed E-state index contributed by atoms with van der Waals surface area (Å²) in [6.45, 7) is 11.2. The maximum absolute atomic E-state index is 12.7. The molecule has 0 aromatic heterocycles. The van der Waals surface area contributed by atoms with Crippen LogP contribution in [0.2, 0.25) is 0 Å². The third kappa shape index (κ3) is 5.83. The van der Waals surface area contributed by atoms with E-state index in [9.17, 15) is 9.59 Å². The number of nitrogens with zero attached hydrogens (tertiary/aromatic N) is 1. The number of hydrogen-bond acceptors (Lipinski definition) is 3. The molecule has 5 nitrogen and oxygen atoms in total. The molecule has 0 saturated carbocycles. The number of amides is 2. The highest BCUT2D eigenvalue weighted by atomic mass is 16.5. The number of nitrogens with one attached hydrogen (secondary N) is 1. The van der Waals surface area contributed by atoms with E-state index < -0.39 is 6.10 Å². The van der Waals surface area contributed by atoms with Gasteiger partial charge < -0.3 is 15.0 Å². The van der Waals surface area contributed by atoms with Crippen LogP contribution in [0, 0.1) is 0 Å². The SMILES string of the molecule is CCC(C)c1ccccc1OC(C)C(=O)Nc1cccc(C(=O)N(CC)CC)c1. The van der Waals surface area contributed by atoms with Crippen molar-refractivity contribution in [2.75, 3.05) is 18.4 Å². The van der Waals surface area contributed by atoms with Crippen LogP contribution >= 0.6 is 0 Å². The van der Waals surface area contributed by atoms with Gasteiger partial charge in [-0.3, -0.25) is 9.59 Å². The fourth-order valence-electron chi connectivity index (χ4n) is 3.13. The number of benzene rings is 2. The van der Waals surface area contributed by atoms with Crippen molar-refractivity contribution in [3.8, 4) is 5.75 Å². The Morgan fingerprint density at radius 2 is 1.69 bits per heavy atom. The maximum Gasteiger partial charge on any atom is 0.265 e. The van der Waals surface area contributed by atoms with Crippen LogP contribution in [0.4, 0.5) is 5.69 Å². The molecular weight excluding hydrogens is 364 g/mol. The zero-order valence-electron chi connectivity index (χ0n) is 18.1. The van der Waals surface area contributed by atoms with Gasteiger partial charge in [0.2, 0.25) is 0 Å². The van der Waals surface area contributed by atoms with Crippen LogP contribution < -0.4 is 10.1 Å². The molecule has 0 aliphatic carbocycles. The van der Waals surface area contributed by atoms with E-state index in [1.165, 1.54) is 0 Å². The largest absolute Gasteiger partial charge is 0.481 e. The van der Waals surface area contributed by atoms with Gasteiger partial charge in [0.1, 0.15) is 5.75 Å². The monoisotopic (exact) mass is 396 g/mol. The summed E-state index contributed by atoms with van der Waals surface area (Å²) < 4.78 is 5.97. The zero-order valence-corrected chi connectivity index (χ0v) is 18.1. The van der Waals surface area contributed by atoms with E-state index >= 15 is 0 Å². The lowest BCUT2D eigenvalue weighted by Crippen LogP contribution is -2.31. The molecule has 2 aromatic rings. The number of ether oxygens (including phenoxy) is 1. The summed E-state index contributed by atoms with van der Waals surface area (Å²) >= 11 is 0. The van der Waals surface area contributed by atoms with Crippen molar-refractivity contribution < 1.29 is 14.3 Å². The fraction of sp³-hybridized carbons (Fsp3) is 0.417. The molecule has 2 aromatic carbocycles. The Kier molecular flexibility index (Phi) is 8.25. The Balaban J connectivity index is 2.09. The van der Waals surface area contributed by atoms with Gasteiger partial charge in [0.25, 0.3) is 11.8 Å². The first kappa shape index (κ1) is 22.5. The molecule has 0 bridgehead atoms. The fourth-order valence-corrected chi connectivity index (χ4v) is 3.13. The zero-order chi connectivity index (χ0) is 21.4. The lowest BCUT2D eigenvalue weighted by molar-refractivity contribution is -0.122. The van der Waals surface area contributed by atoms with Crippen LogP contribution in [0.15, 0.2) is 48.5 Å². The summed E-state index contributed by atoms with van der Waals surface area (Å²) in [5, 5.41) is 2.86. The number of carbonyl (C=O) groups is 2. The Morgan fingerprint density at radius 1 is 1.00 bits per heavy atom. The maximum atomic E-state index is 12.7. The molecule has 2 unspecified atom stereocenters. The van der Waals surface area contributed by atoms with E-state index in [4.69, 9.17) is 4.74 Å². The van der Waals surface area contributed by atoms with Crippen molar-refractivity contribution in [3.63, 3.8) is 0 Å². The molecule has 0 saturated heterocycles. The number of carbonyl (C=O) groups excluding carboxylic acids is 2. The van der Waals surface area contributed by atoms with Gasteiger partial charge in [-0.2, -0.15) is 0 Å². The van der Waals surface area contributed by atoms with E-state index in [0.29, 0.717) is 30.3 Å². The third-order valence-electron chi connectivity index (χ3n) is 5.16. The lowest BCUT2D eigenvalue weighted by Gasteiger charge is -2.20. The van der Waals surface area contributed by atoms with Crippen LogP contribution in [0.3, 0.4) is 0 Å². The molecule has 0 fully saturated rings. The van der Waals surface area contributed by atoms with Crippen LogP contribution in [0.5, 0.6) is 5.75 Å². The molecule has 2 atom stereocenters. The predicted molar refractivity (Wildman–Crippen MR) is 118 cm³/mol. The van der Waals surface area contributed by atoms with Crippen molar-refractivity contribution in [1.29, 1.82) is 0 Å². The average molecular weight is 397 g/mol. The molecule has 0 radical (unpaired) electrons.